The van der Waals surface area contributed by atoms with Gasteiger partial charge in [-0.3, -0.25) is 0 Å². The average molecular weight is 153 g/mol. The largest absolute Gasteiger partial charge is 0.364 e. The molecule has 2 radical (unpaired) electrons. The lowest BCUT2D eigenvalue weighted by Gasteiger charge is -2.26. The summed E-state index contributed by atoms with van der Waals surface area (Å²) in [7, 11) is 5.32. The molecule has 1 rings (SSSR count). The third kappa shape index (κ3) is 4.46. The molecule has 1 N–H and O–H groups in total. The fraction of sp³-hybridized carbons (Fsp3) is 1.00. The molecule has 0 heterocycles. The zero-order chi connectivity index (χ0) is 8.69. The SMILES string of the molecule is CC.[B]NC1CCCC(C)C1. The Labute approximate surface area is 72.4 Å². The van der Waals surface area contributed by atoms with Crippen LogP contribution in [0.15, 0.2) is 0 Å². The van der Waals surface area contributed by atoms with Crippen LogP contribution in [0.3, 0.4) is 0 Å². The summed E-state index contributed by atoms with van der Waals surface area (Å²) >= 11 is 0. The van der Waals surface area contributed by atoms with Crippen LogP contribution >= 0.6 is 0 Å². The highest BCUT2D eigenvalue weighted by atomic mass is 14.8. The Bertz CT molecular complexity index is 85.6. The maximum Gasteiger partial charge on any atom is 0.178 e. The van der Waals surface area contributed by atoms with E-state index in [-0.39, 0.29) is 0 Å². The van der Waals surface area contributed by atoms with Crippen LogP contribution < -0.4 is 5.23 Å². The Morgan fingerprint density at radius 2 is 1.91 bits per heavy atom. The van der Waals surface area contributed by atoms with Gasteiger partial charge in [-0.15, -0.1) is 0 Å². The normalized spacial score (nSPS) is 30.5. The highest BCUT2D eigenvalue weighted by molar-refractivity contribution is 6.04. The highest BCUT2D eigenvalue weighted by Crippen LogP contribution is 2.22. The van der Waals surface area contributed by atoms with Crippen LogP contribution in [0.2, 0.25) is 0 Å². The predicted molar refractivity (Wildman–Crippen MR) is 51.7 cm³/mol. The van der Waals surface area contributed by atoms with E-state index in [9.17, 15) is 0 Å². The Morgan fingerprint density at radius 3 is 2.27 bits per heavy atom. The molecule has 0 amide bonds. The van der Waals surface area contributed by atoms with Crippen LogP contribution in [0, 0.1) is 5.92 Å². The monoisotopic (exact) mass is 153 g/mol. The summed E-state index contributed by atoms with van der Waals surface area (Å²) in [5.74, 6) is 0.875. The molecule has 1 saturated carbocycles. The minimum Gasteiger partial charge on any atom is -0.364 e. The molecular formula is C9H20BN. The van der Waals surface area contributed by atoms with Crippen molar-refractivity contribution in [3.05, 3.63) is 0 Å². The molecule has 0 aromatic carbocycles. The fourth-order valence-electron chi connectivity index (χ4n) is 1.59. The van der Waals surface area contributed by atoms with Gasteiger partial charge >= 0.3 is 0 Å². The van der Waals surface area contributed by atoms with Crippen molar-refractivity contribution in [1.29, 1.82) is 0 Å². The molecule has 0 aromatic heterocycles. The van der Waals surface area contributed by atoms with E-state index >= 15 is 0 Å². The topological polar surface area (TPSA) is 12.0 Å². The van der Waals surface area contributed by atoms with Gasteiger partial charge in [-0.1, -0.05) is 33.6 Å². The van der Waals surface area contributed by atoms with Gasteiger partial charge in [0, 0.05) is 0 Å². The first-order valence-corrected chi connectivity index (χ1v) is 4.79. The van der Waals surface area contributed by atoms with Crippen LogP contribution in [0.25, 0.3) is 0 Å². The quantitative estimate of drug-likeness (QED) is 0.569. The van der Waals surface area contributed by atoms with Crippen molar-refractivity contribution in [2.45, 2.75) is 52.5 Å². The van der Waals surface area contributed by atoms with Crippen molar-refractivity contribution in [3.8, 4) is 0 Å². The molecule has 1 aliphatic rings. The van der Waals surface area contributed by atoms with E-state index in [4.69, 9.17) is 7.98 Å². The smallest absolute Gasteiger partial charge is 0.178 e. The molecular weight excluding hydrogens is 133 g/mol. The summed E-state index contributed by atoms with van der Waals surface area (Å²) in [5, 5.41) is 2.83. The lowest BCUT2D eigenvalue weighted by atomic mass is 9.86. The van der Waals surface area contributed by atoms with Gasteiger partial charge in [0.05, 0.1) is 0 Å². The van der Waals surface area contributed by atoms with Crippen molar-refractivity contribution < 1.29 is 0 Å². The van der Waals surface area contributed by atoms with Gasteiger partial charge in [0.1, 0.15) is 0 Å². The summed E-state index contributed by atoms with van der Waals surface area (Å²) in [4.78, 5) is 0. The van der Waals surface area contributed by atoms with Gasteiger partial charge < -0.3 is 5.23 Å². The molecule has 1 fully saturated rings. The standard InChI is InChI=1S/C7H14BN.C2H6/c1-6-3-2-4-7(5-6)9-8;1-2/h6-7,9H,2-5H2,1H3;1-2H3. The molecule has 64 valence electrons. The van der Waals surface area contributed by atoms with Gasteiger partial charge in [-0.25, -0.2) is 0 Å². The third-order valence-electron chi connectivity index (χ3n) is 2.17. The van der Waals surface area contributed by atoms with E-state index in [2.05, 4.69) is 12.2 Å². The second kappa shape index (κ2) is 6.72. The maximum atomic E-state index is 5.32. The minimum absolute atomic E-state index is 0.591. The number of rotatable bonds is 1. The van der Waals surface area contributed by atoms with E-state index in [1.165, 1.54) is 25.7 Å². The molecule has 0 aromatic rings. The highest BCUT2D eigenvalue weighted by Gasteiger charge is 2.15. The summed E-state index contributed by atoms with van der Waals surface area (Å²) in [6.45, 7) is 6.30. The van der Waals surface area contributed by atoms with Gasteiger partial charge in [0.25, 0.3) is 0 Å². The Morgan fingerprint density at radius 1 is 1.27 bits per heavy atom. The van der Waals surface area contributed by atoms with E-state index < -0.39 is 0 Å². The summed E-state index contributed by atoms with van der Waals surface area (Å²) in [5.41, 5.74) is 0. The lowest BCUT2D eigenvalue weighted by Crippen LogP contribution is -2.31. The molecule has 0 spiro atoms. The number of nitrogens with one attached hydrogen (secondary N) is 1. The van der Waals surface area contributed by atoms with E-state index in [0.717, 1.165) is 5.92 Å². The fourth-order valence-corrected chi connectivity index (χ4v) is 1.59. The molecule has 2 unspecified atom stereocenters. The lowest BCUT2D eigenvalue weighted by molar-refractivity contribution is 0.330. The molecule has 2 heteroatoms. The Balaban J connectivity index is 0.000000461. The van der Waals surface area contributed by atoms with Crippen molar-refractivity contribution in [2.24, 2.45) is 5.92 Å². The van der Waals surface area contributed by atoms with Crippen LogP contribution in [0.5, 0.6) is 0 Å². The third-order valence-corrected chi connectivity index (χ3v) is 2.17. The summed E-state index contributed by atoms with van der Waals surface area (Å²) < 4.78 is 0. The second-order valence-corrected chi connectivity index (χ2v) is 3.14. The second-order valence-electron chi connectivity index (χ2n) is 3.14. The number of hydrogen-bond acceptors (Lipinski definition) is 1. The van der Waals surface area contributed by atoms with E-state index in [1.54, 1.807) is 0 Å². The molecule has 2 atom stereocenters. The summed E-state index contributed by atoms with van der Waals surface area (Å²) in [6.07, 6.45) is 5.26. The van der Waals surface area contributed by atoms with Crippen molar-refractivity contribution in [3.63, 3.8) is 0 Å². The van der Waals surface area contributed by atoms with Crippen molar-refractivity contribution in [2.75, 3.05) is 0 Å². The first-order valence-electron chi connectivity index (χ1n) is 4.79. The van der Waals surface area contributed by atoms with Gasteiger partial charge in [0.2, 0.25) is 0 Å². The molecule has 11 heavy (non-hydrogen) atoms. The Hall–Kier alpha value is 0.0249. The van der Waals surface area contributed by atoms with Crippen LogP contribution in [0.4, 0.5) is 0 Å². The average Bonchev–Trinajstić information content (AvgIpc) is 2.08. The Kier molecular flexibility index (Phi) is 6.73. The first-order chi connectivity index (χ1) is 5.33. The molecule has 0 aliphatic heterocycles. The molecule has 1 nitrogen and oxygen atoms in total. The predicted octanol–water partition coefficient (Wildman–Crippen LogP) is 2.26. The van der Waals surface area contributed by atoms with Gasteiger partial charge in [0.15, 0.2) is 7.98 Å². The van der Waals surface area contributed by atoms with Crippen molar-refractivity contribution >= 4 is 7.98 Å². The van der Waals surface area contributed by atoms with Crippen LogP contribution in [0.1, 0.15) is 46.5 Å². The van der Waals surface area contributed by atoms with Crippen molar-refractivity contribution in [1.82, 2.24) is 5.23 Å². The minimum atomic E-state index is 0.591. The number of hydrogen-bond donors (Lipinski definition) is 1. The van der Waals surface area contributed by atoms with Crippen LogP contribution in [-0.2, 0) is 0 Å². The first kappa shape index (κ1) is 11.0. The molecule has 1 aliphatic carbocycles. The zero-order valence-electron chi connectivity index (χ0n) is 8.06. The van der Waals surface area contributed by atoms with E-state index in [0.29, 0.717) is 6.04 Å². The van der Waals surface area contributed by atoms with E-state index in [1.807, 2.05) is 13.8 Å². The molecule has 0 saturated heterocycles. The van der Waals surface area contributed by atoms with Crippen LogP contribution in [-0.4, -0.2) is 14.0 Å². The maximum absolute atomic E-state index is 5.32. The molecule has 0 bridgehead atoms. The van der Waals surface area contributed by atoms with Gasteiger partial charge in [-0.05, 0) is 24.8 Å². The zero-order valence-corrected chi connectivity index (χ0v) is 8.06. The summed E-state index contributed by atoms with van der Waals surface area (Å²) in [6, 6.07) is 0.591. The van der Waals surface area contributed by atoms with Gasteiger partial charge in [-0.2, -0.15) is 0 Å².